The maximum absolute atomic E-state index is 10.8. The normalized spacial score (nSPS) is 12.9. The summed E-state index contributed by atoms with van der Waals surface area (Å²) in [7, 11) is 0. The fourth-order valence-electron chi connectivity index (χ4n) is 1.52. The zero-order valence-corrected chi connectivity index (χ0v) is 10.8. The van der Waals surface area contributed by atoms with Gasteiger partial charge in [-0.3, -0.25) is 4.79 Å². The van der Waals surface area contributed by atoms with E-state index in [2.05, 4.69) is 9.97 Å². The molecule has 2 aromatic rings. The molecule has 0 saturated heterocycles. The quantitative estimate of drug-likeness (QED) is 0.822. The Balaban J connectivity index is 2.35. The van der Waals surface area contributed by atoms with E-state index in [0.717, 1.165) is 11.0 Å². The molecule has 0 unspecified atom stereocenters. The zero-order chi connectivity index (χ0) is 12.6. The molecule has 2 rings (SSSR count). The van der Waals surface area contributed by atoms with Gasteiger partial charge in [0.25, 0.3) is 0 Å². The van der Waals surface area contributed by atoms with E-state index in [1.54, 1.807) is 6.92 Å². The van der Waals surface area contributed by atoms with Gasteiger partial charge in [0.2, 0.25) is 0 Å². The Bertz CT molecular complexity index is 538. The van der Waals surface area contributed by atoms with Crippen molar-refractivity contribution in [3.63, 3.8) is 0 Å². The van der Waals surface area contributed by atoms with Gasteiger partial charge in [-0.2, -0.15) is 0 Å². The number of thioether (sulfide) groups is 1. The minimum absolute atomic E-state index is 0.502. The van der Waals surface area contributed by atoms with E-state index in [1.165, 1.54) is 22.9 Å². The number of benzene rings is 1. The predicted molar refractivity (Wildman–Crippen MR) is 68.5 cm³/mol. The van der Waals surface area contributed by atoms with Crippen LogP contribution in [0.1, 0.15) is 18.1 Å². The number of imidazole rings is 1. The summed E-state index contributed by atoms with van der Waals surface area (Å²) in [4.78, 5) is 18.3. The van der Waals surface area contributed by atoms with Gasteiger partial charge < -0.3 is 10.1 Å². The van der Waals surface area contributed by atoms with E-state index >= 15 is 0 Å². The van der Waals surface area contributed by atoms with E-state index in [4.69, 9.17) is 5.11 Å². The van der Waals surface area contributed by atoms with Gasteiger partial charge in [0.05, 0.1) is 11.0 Å². The molecule has 4 nitrogen and oxygen atoms in total. The summed E-state index contributed by atoms with van der Waals surface area (Å²) in [6.45, 7) is 5.73. The van der Waals surface area contributed by atoms with Gasteiger partial charge in [0.15, 0.2) is 5.16 Å². The summed E-state index contributed by atoms with van der Waals surface area (Å²) in [5.74, 6) is -0.831. The number of rotatable bonds is 3. The minimum Gasteiger partial charge on any atom is -0.480 e. The first-order valence-electron chi connectivity index (χ1n) is 5.34. The molecule has 1 aromatic carbocycles. The number of aliphatic carboxylic acids is 1. The SMILES string of the molecule is Cc1cc2nc(S[C@H](C)C(=O)O)[nH]c2cc1C. The topological polar surface area (TPSA) is 66.0 Å². The van der Waals surface area contributed by atoms with E-state index in [-0.39, 0.29) is 0 Å². The third kappa shape index (κ3) is 2.44. The van der Waals surface area contributed by atoms with Gasteiger partial charge in [0.1, 0.15) is 5.25 Å². The monoisotopic (exact) mass is 250 g/mol. The second-order valence-corrected chi connectivity index (χ2v) is 5.42. The van der Waals surface area contributed by atoms with Crippen LogP contribution in [-0.2, 0) is 4.79 Å². The van der Waals surface area contributed by atoms with Crippen LogP contribution in [0.15, 0.2) is 17.3 Å². The molecule has 0 saturated carbocycles. The molecule has 0 amide bonds. The van der Waals surface area contributed by atoms with Crippen molar-refractivity contribution in [1.29, 1.82) is 0 Å². The molecule has 17 heavy (non-hydrogen) atoms. The average Bonchev–Trinajstić information content (AvgIpc) is 2.60. The second-order valence-electron chi connectivity index (χ2n) is 4.09. The van der Waals surface area contributed by atoms with Crippen molar-refractivity contribution in [2.45, 2.75) is 31.2 Å². The van der Waals surface area contributed by atoms with Gasteiger partial charge in [-0.05, 0) is 44.0 Å². The smallest absolute Gasteiger partial charge is 0.316 e. The molecule has 1 heterocycles. The highest BCUT2D eigenvalue weighted by atomic mass is 32.2. The van der Waals surface area contributed by atoms with Crippen LogP contribution in [0.5, 0.6) is 0 Å². The number of carboxylic acids is 1. The van der Waals surface area contributed by atoms with Crippen LogP contribution in [-0.4, -0.2) is 26.3 Å². The van der Waals surface area contributed by atoms with Crippen LogP contribution in [0.3, 0.4) is 0 Å². The van der Waals surface area contributed by atoms with Gasteiger partial charge >= 0.3 is 5.97 Å². The Labute approximate surface area is 103 Å². The zero-order valence-electron chi connectivity index (χ0n) is 9.94. The van der Waals surface area contributed by atoms with Crippen LogP contribution in [0.25, 0.3) is 11.0 Å². The number of hydrogen-bond donors (Lipinski definition) is 2. The molecule has 0 fully saturated rings. The third-order valence-electron chi connectivity index (χ3n) is 2.71. The van der Waals surface area contributed by atoms with Crippen molar-refractivity contribution in [3.8, 4) is 0 Å². The molecule has 0 radical (unpaired) electrons. The number of H-pyrrole nitrogens is 1. The standard InChI is InChI=1S/C12H14N2O2S/c1-6-4-9-10(5-7(6)2)14-12(13-9)17-8(3)11(15)16/h4-5,8H,1-3H3,(H,13,14)(H,15,16)/t8-/m1/s1. The minimum atomic E-state index is -0.831. The Morgan fingerprint density at radius 2 is 2.06 bits per heavy atom. The molecule has 0 bridgehead atoms. The van der Waals surface area contributed by atoms with Crippen LogP contribution in [0.2, 0.25) is 0 Å². The third-order valence-corrected chi connectivity index (χ3v) is 3.68. The summed E-state index contributed by atoms with van der Waals surface area (Å²) in [6.07, 6.45) is 0. The highest BCUT2D eigenvalue weighted by Crippen LogP contribution is 2.25. The maximum atomic E-state index is 10.8. The summed E-state index contributed by atoms with van der Waals surface area (Å²) in [6, 6.07) is 4.05. The number of carbonyl (C=O) groups is 1. The fraction of sp³-hybridized carbons (Fsp3) is 0.333. The molecule has 1 aromatic heterocycles. The van der Waals surface area contributed by atoms with Crippen molar-refractivity contribution < 1.29 is 9.90 Å². The summed E-state index contributed by atoms with van der Waals surface area (Å²) < 4.78 is 0. The van der Waals surface area contributed by atoms with Crippen LogP contribution < -0.4 is 0 Å². The first kappa shape index (κ1) is 12.0. The van der Waals surface area contributed by atoms with Gasteiger partial charge in [-0.15, -0.1) is 0 Å². The Morgan fingerprint density at radius 1 is 1.41 bits per heavy atom. The Hall–Kier alpha value is -1.49. The number of nitrogens with zero attached hydrogens (tertiary/aromatic N) is 1. The highest BCUT2D eigenvalue weighted by molar-refractivity contribution is 8.00. The van der Waals surface area contributed by atoms with Gasteiger partial charge in [0, 0.05) is 0 Å². The highest BCUT2D eigenvalue weighted by Gasteiger charge is 2.15. The van der Waals surface area contributed by atoms with Crippen LogP contribution >= 0.6 is 11.8 Å². The molecule has 0 aliphatic heterocycles. The Kier molecular flexibility index (Phi) is 3.11. The van der Waals surface area contributed by atoms with Crippen molar-refractivity contribution in [2.75, 3.05) is 0 Å². The number of nitrogens with one attached hydrogen (secondary N) is 1. The van der Waals surface area contributed by atoms with E-state index in [9.17, 15) is 4.79 Å². The first-order valence-corrected chi connectivity index (χ1v) is 6.22. The molecule has 0 aliphatic carbocycles. The van der Waals surface area contributed by atoms with Crippen molar-refractivity contribution >= 4 is 28.8 Å². The number of aromatic nitrogens is 2. The van der Waals surface area contributed by atoms with E-state index in [0.29, 0.717) is 5.16 Å². The summed E-state index contributed by atoms with van der Waals surface area (Å²) in [5.41, 5.74) is 4.22. The summed E-state index contributed by atoms with van der Waals surface area (Å²) in [5, 5.41) is 8.99. The number of fused-ring (bicyclic) bond motifs is 1. The van der Waals surface area contributed by atoms with Gasteiger partial charge in [-0.25, -0.2) is 4.98 Å². The van der Waals surface area contributed by atoms with Crippen LogP contribution in [0, 0.1) is 13.8 Å². The first-order chi connectivity index (χ1) is 7.97. The number of aromatic amines is 1. The number of hydrogen-bond acceptors (Lipinski definition) is 3. The molecule has 90 valence electrons. The molecular formula is C12H14N2O2S. The largest absolute Gasteiger partial charge is 0.480 e. The molecular weight excluding hydrogens is 236 g/mol. The Morgan fingerprint density at radius 3 is 2.71 bits per heavy atom. The predicted octanol–water partition coefficient (Wildman–Crippen LogP) is 2.74. The molecule has 5 heteroatoms. The fourth-order valence-corrected chi connectivity index (χ4v) is 2.28. The second kappa shape index (κ2) is 4.41. The average molecular weight is 250 g/mol. The molecule has 1 atom stereocenters. The van der Waals surface area contributed by atoms with Gasteiger partial charge in [-0.1, -0.05) is 11.8 Å². The van der Waals surface area contributed by atoms with Crippen molar-refractivity contribution in [1.82, 2.24) is 9.97 Å². The lowest BCUT2D eigenvalue weighted by Gasteiger charge is -2.00. The maximum Gasteiger partial charge on any atom is 0.316 e. The molecule has 0 aliphatic rings. The lowest BCUT2D eigenvalue weighted by molar-refractivity contribution is -0.136. The van der Waals surface area contributed by atoms with Crippen molar-refractivity contribution in [2.24, 2.45) is 0 Å². The summed E-state index contributed by atoms with van der Waals surface area (Å²) >= 11 is 1.22. The lowest BCUT2D eigenvalue weighted by Crippen LogP contribution is -2.11. The number of aryl methyl sites for hydroxylation is 2. The number of carboxylic acid groups (broad SMARTS) is 1. The van der Waals surface area contributed by atoms with E-state index in [1.807, 2.05) is 26.0 Å². The van der Waals surface area contributed by atoms with Crippen LogP contribution in [0.4, 0.5) is 0 Å². The molecule has 0 spiro atoms. The lowest BCUT2D eigenvalue weighted by atomic mass is 10.1. The van der Waals surface area contributed by atoms with E-state index < -0.39 is 11.2 Å². The molecule has 2 N–H and O–H groups in total. The van der Waals surface area contributed by atoms with Crippen molar-refractivity contribution in [3.05, 3.63) is 23.3 Å².